The van der Waals surface area contributed by atoms with Crippen LogP contribution in [0.2, 0.25) is 0 Å². The first kappa shape index (κ1) is 17.7. The molecule has 3 rings (SSSR count). The van der Waals surface area contributed by atoms with E-state index in [1.807, 2.05) is 0 Å². The van der Waals surface area contributed by atoms with Crippen molar-refractivity contribution in [2.45, 2.75) is 56.5 Å². The highest BCUT2D eigenvalue weighted by Gasteiger charge is 2.21. The van der Waals surface area contributed by atoms with Gasteiger partial charge in [-0.15, -0.1) is 5.10 Å². The fourth-order valence-electron chi connectivity index (χ4n) is 3.05. The van der Waals surface area contributed by atoms with E-state index in [9.17, 15) is 13.2 Å². The third-order valence-electron chi connectivity index (χ3n) is 4.47. The average molecular weight is 363 g/mol. The number of rotatable bonds is 6. The average Bonchev–Trinajstić information content (AvgIpc) is 3.09. The van der Waals surface area contributed by atoms with Crippen molar-refractivity contribution in [3.8, 4) is 0 Å². The van der Waals surface area contributed by atoms with Gasteiger partial charge in [0, 0.05) is 5.56 Å². The first-order chi connectivity index (χ1) is 12.0. The molecule has 1 aliphatic carbocycles. The number of ketones is 1. The van der Waals surface area contributed by atoms with Gasteiger partial charge in [-0.1, -0.05) is 31.4 Å². The first-order valence-corrected chi connectivity index (χ1v) is 9.83. The predicted molar refractivity (Wildman–Crippen MR) is 90.4 cm³/mol. The van der Waals surface area contributed by atoms with Crippen LogP contribution in [0.3, 0.4) is 0 Å². The minimum atomic E-state index is -3.70. The number of nitrogens with one attached hydrogen (secondary N) is 1. The maximum Gasteiger partial charge on any atom is 0.240 e. The van der Waals surface area contributed by atoms with Crippen molar-refractivity contribution in [2.75, 3.05) is 0 Å². The number of carbonyl (C=O) groups excluding carboxylic acids is 1. The van der Waals surface area contributed by atoms with Crippen LogP contribution < -0.4 is 4.72 Å². The van der Waals surface area contributed by atoms with Gasteiger partial charge in [0.2, 0.25) is 10.0 Å². The minimum absolute atomic E-state index is 0.0281. The molecule has 1 N–H and O–H groups in total. The highest BCUT2D eigenvalue weighted by molar-refractivity contribution is 7.89. The molecule has 2 aromatic rings. The Morgan fingerprint density at radius 2 is 1.88 bits per heavy atom. The van der Waals surface area contributed by atoms with E-state index in [1.165, 1.54) is 37.6 Å². The van der Waals surface area contributed by atoms with Gasteiger partial charge in [0.25, 0.3) is 0 Å². The number of nitrogens with zero attached hydrogens (tertiary/aromatic N) is 4. The Morgan fingerprint density at radius 3 is 2.52 bits per heavy atom. The molecule has 25 heavy (non-hydrogen) atoms. The van der Waals surface area contributed by atoms with Gasteiger partial charge in [-0.25, -0.2) is 17.8 Å². The van der Waals surface area contributed by atoms with Crippen LogP contribution in [0.4, 0.5) is 0 Å². The largest absolute Gasteiger partial charge is 0.295 e. The lowest BCUT2D eigenvalue weighted by Crippen LogP contribution is -2.26. The van der Waals surface area contributed by atoms with Crippen LogP contribution in [0.15, 0.2) is 29.2 Å². The van der Waals surface area contributed by atoms with E-state index in [2.05, 4.69) is 20.2 Å². The molecule has 0 unspecified atom stereocenters. The molecule has 0 bridgehead atoms. The zero-order valence-electron chi connectivity index (χ0n) is 14.1. The SMILES string of the molecule is CC(=O)c1ccc(S(=O)(=O)NCc2nnnn2C2CCCCC2)cc1. The molecule has 0 atom stereocenters. The summed E-state index contributed by atoms with van der Waals surface area (Å²) >= 11 is 0. The minimum Gasteiger partial charge on any atom is -0.295 e. The molecule has 1 aromatic heterocycles. The Balaban J connectivity index is 1.70. The summed E-state index contributed by atoms with van der Waals surface area (Å²) in [5, 5.41) is 11.7. The van der Waals surface area contributed by atoms with Crippen LogP contribution >= 0.6 is 0 Å². The highest BCUT2D eigenvalue weighted by atomic mass is 32.2. The molecule has 134 valence electrons. The molecule has 8 nitrogen and oxygen atoms in total. The number of aromatic nitrogens is 4. The van der Waals surface area contributed by atoms with Gasteiger partial charge in [-0.05, 0) is 42.3 Å². The summed E-state index contributed by atoms with van der Waals surface area (Å²) in [6, 6.07) is 6.08. The van der Waals surface area contributed by atoms with Crippen LogP contribution in [0, 0.1) is 0 Å². The van der Waals surface area contributed by atoms with Crippen LogP contribution in [0.25, 0.3) is 0 Å². The van der Waals surface area contributed by atoms with Gasteiger partial charge >= 0.3 is 0 Å². The normalized spacial score (nSPS) is 16.0. The number of benzene rings is 1. The Kier molecular flexibility index (Phi) is 5.24. The number of sulfonamides is 1. The van der Waals surface area contributed by atoms with E-state index < -0.39 is 10.0 Å². The van der Waals surface area contributed by atoms with E-state index in [0.29, 0.717) is 11.4 Å². The van der Waals surface area contributed by atoms with E-state index in [4.69, 9.17) is 0 Å². The maximum atomic E-state index is 12.4. The molecule has 9 heteroatoms. The molecule has 0 amide bonds. The van der Waals surface area contributed by atoms with Crippen molar-refractivity contribution in [3.63, 3.8) is 0 Å². The highest BCUT2D eigenvalue weighted by Crippen LogP contribution is 2.27. The van der Waals surface area contributed by atoms with Crippen LogP contribution in [-0.4, -0.2) is 34.4 Å². The Morgan fingerprint density at radius 1 is 1.20 bits per heavy atom. The van der Waals surface area contributed by atoms with Gasteiger partial charge in [-0.3, -0.25) is 4.79 Å². The number of tetrazole rings is 1. The van der Waals surface area contributed by atoms with Gasteiger partial charge < -0.3 is 0 Å². The molecule has 1 saturated carbocycles. The maximum absolute atomic E-state index is 12.4. The van der Waals surface area contributed by atoms with Crippen molar-refractivity contribution in [3.05, 3.63) is 35.7 Å². The number of Topliss-reactive ketones (excluding diaryl/α,β-unsaturated/α-hetero) is 1. The first-order valence-electron chi connectivity index (χ1n) is 8.35. The number of carbonyl (C=O) groups is 1. The quantitative estimate of drug-likeness (QED) is 0.785. The van der Waals surface area contributed by atoms with Crippen LogP contribution in [-0.2, 0) is 16.6 Å². The standard InChI is InChI=1S/C16H21N5O3S/c1-12(22)13-7-9-15(10-8-13)25(23,24)17-11-16-18-19-20-21(16)14-5-3-2-4-6-14/h7-10,14,17H,2-6,11H2,1H3. The molecule has 0 aliphatic heterocycles. The molecule has 1 fully saturated rings. The smallest absolute Gasteiger partial charge is 0.240 e. The molecule has 1 heterocycles. The van der Waals surface area contributed by atoms with Gasteiger partial charge in [0.05, 0.1) is 17.5 Å². The second-order valence-corrected chi connectivity index (χ2v) is 8.00. The summed E-state index contributed by atoms with van der Waals surface area (Å²) in [7, 11) is -3.70. The summed E-state index contributed by atoms with van der Waals surface area (Å²) < 4.78 is 29.1. The van der Waals surface area contributed by atoms with Crippen molar-refractivity contribution >= 4 is 15.8 Å². The van der Waals surface area contributed by atoms with E-state index in [1.54, 1.807) is 4.68 Å². The monoisotopic (exact) mass is 363 g/mol. The van der Waals surface area contributed by atoms with E-state index in [-0.39, 0.29) is 23.3 Å². The summed E-state index contributed by atoms with van der Waals surface area (Å²) in [4.78, 5) is 11.4. The number of hydrogen-bond donors (Lipinski definition) is 1. The Bertz CT molecular complexity index is 839. The lowest BCUT2D eigenvalue weighted by atomic mass is 9.96. The second kappa shape index (κ2) is 7.40. The van der Waals surface area contributed by atoms with Gasteiger partial charge in [0.1, 0.15) is 0 Å². The van der Waals surface area contributed by atoms with Gasteiger partial charge in [-0.2, -0.15) is 0 Å². The summed E-state index contributed by atoms with van der Waals surface area (Å²) in [6.07, 6.45) is 5.52. The molecule has 0 spiro atoms. The number of hydrogen-bond acceptors (Lipinski definition) is 6. The van der Waals surface area contributed by atoms with Crippen molar-refractivity contribution in [2.24, 2.45) is 0 Å². The van der Waals surface area contributed by atoms with Gasteiger partial charge in [0.15, 0.2) is 11.6 Å². The molecule has 1 aliphatic rings. The summed E-state index contributed by atoms with van der Waals surface area (Å²) in [5.41, 5.74) is 0.472. The lowest BCUT2D eigenvalue weighted by molar-refractivity contribution is 0.101. The Labute approximate surface area is 146 Å². The predicted octanol–water partition coefficient (Wildman–Crippen LogP) is 1.86. The fourth-order valence-corrected chi connectivity index (χ4v) is 4.03. The van der Waals surface area contributed by atoms with E-state index >= 15 is 0 Å². The summed E-state index contributed by atoms with van der Waals surface area (Å²) in [6.45, 7) is 1.47. The molecule has 0 saturated heterocycles. The third-order valence-corrected chi connectivity index (χ3v) is 5.89. The van der Waals surface area contributed by atoms with Crippen LogP contribution in [0.5, 0.6) is 0 Å². The molecule has 1 aromatic carbocycles. The van der Waals surface area contributed by atoms with Crippen molar-refractivity contribution < 1.29 is 13.2 Å². The van der Waals surface area contributed by atoms with Crippen molar-refractivity contribution in [1.29, 1.82) is 0 Å². The zero-order chi connectivity index (χ0) is 17.9. The van der Waals surface area contributed by atoms with Crippen LogP contribution in [0.1, 0.15) is 61.3 Å². The lowest BCUT2D eigenvalue weighted by Gasteiger charge is -2.22. The molecule has 0 radical (unpaired) electrons. The summed E-state index contributed by atoms with van der Waals surface area (Å²) in [5.74, 6) is 0.402. The second-order valence-electron chi connectivity index (χ2n) is 6.24. The molecular formula is C16H21N5O3S. The molecular weight excluding hydrogens is 342 g/mol. The van der Waals surface area contributed by atoms with E-state index in [0.717, 1.165) is 25.7 Å². The van der Waals surface area contributed by atoms with Crippen molar-refractivity contribution in [1.82, 2.24) is 24.9 Å². The third kappa shape index (κ3) is 4.10. The topological polar surface area (TPSA) is 107 Å². The zero-order valence-corrected chi connectivity index (χ0v) is 14.9. The Hall–Kier alpha value is -2.13. The fraction of sp³-hybridized carbons (Fsp3) is 0.500.